The third kappa shape index (κ3) is 7.52. The van der Waals surface area contributed by atoms with E-state index in [9.17, 15) is 0 Å². The monoisotopic (exact) mass is 314 g/mol. The Labute approximate surface area is 99.0 Å². The summed E-state index contributed by atoms with van der Waals surface area (Å²) < 4.78 is 0.404. The lowest BCUT2D eigenvalue weighted by molar-refractivity contribution is 0.341. The van der Waals surface area contributed by atoms with Gasteiger partial charge >= 0.3 is 0 Å². The molecule has 0 aliphatic heterocycles. The Morgan fingerprint density at radius 1 is 1.46 bits per heavy atom. The van der Waals surface area contributed by atoms with Crippen LogP contribution >= 0.6 is 34.2 Å². The average molecular weight is 315 g/mol. The Kier molecular flexibility index (Phi) is 8.10. The molecule has 1 atom stereocenters. The largest absolute Gasteiger partial charge is 0.392 e. The van der Waals surface area contributed by atoms with Crippen LogP contribution in [0.15, 0.2) is 23.3 Å². The van der Waals surface area contributed by atoms with Crippen LogP contribution in [-0.4, -0.2) is 21.5 Å². The normalized spacial score (nSPS) is 16.1. The summed E-state index contributed by atoms with van der Waals surface area (Å²) in [5, 5.41) is 8.66. The van der Waals surface area contributed by atoms with Crippen molar-refractivity contribution in [3.05, 3.63) is 23.3 Å². The van der Waals surface area contributed by atoms with Crippen molar-refractivity contribution in [1.82, 2.24) is 0 Å². The third-order valence-corrected chi connectivity index (χ3v) is 3.26. The molecule has 0 aliphatic carbocycles. The molecule has 0 rings (SSSR count). The lowest BCUT2D eigenvalue weighted by Crippen LogP contribution is -1.95. The van der Waals surface area contributed by atoms with Crippen LogP contribution in [0.3, 0.4) is 0 Å². The van der Waals surface area contributed by atoms with Gasteiger partial charge in [-0.2, -0.15) is 0 Å². The van der Waals surface area contributed by atoms with Gasteiger partial charge in [0.2, 0.25) is 0 Å². The first kappa shape index (κ1) is 13.5. The van der Waals surface area contributed by atoms with Gasteiger partial charge < -0.3 is 5.11 Å². The van der Waals surface area contributed by atoms with Gasteiger partial charge in [0.15, 0.2) is 0 Å². The Morgan fingerprint density at radius 3 is 2.54 bits per heavy atom. The number of allylic oxidation sites excluding steroid dienone is 3. The molecule has 0 fully saturated rings. The molecule has 13 heavy (non-hydrogen) atoms. The fourth-order valence-electron chi connectivity index (χ4n) is 1.08. The molecular weight excluding hydrogens is 298 g/mol. The van der Waals surface area contributed by atoms with Crippen molar-refractivity contribution in [3.8, 4) is 0 Å². The highest BCUT2D eigenvalue weighted by Gasteiger charge is 1.98. The van der Waals surface area contributed by atoms with E-state index in [1.807, 2.05) is 13.0 Å². The second kappa shape index (κ2) is 7.83. The molecule has 0 aliphatic rings. The zero-order valence-corrected chi connectivity index (χ0v) is 11.0. The maximum absolute atomic E-state index is 8.66. The maximum atomic E-state index is 8.66. The van der Waals surface area contributed by atoms with Gasteiger partial charge in [-0.1, -0.05) is 45.9 Å². The van der Waals surface area contributed by atoms with Crippen LogP contribution in [0.1, 0.15) is 20.3 Å². The molecule has 3 heteroatoms. The van der Waals surface area contributed by atoms with Crippen LogP contribution in [0, 0.1) is 0 Å². The Hall–Kier alpha value is 0.460. The number of aliphatic hydroxyl groups is 1. The van der Waals surface area contributed by atoms with Gasteiger partial charge in [0.1, 0.15) is 0 Å². The molecule has 0 saturated heterocycles. The SMILES string of the molecule is C/C(=C/CO)C/C(C)=C\C(I)CCl. The zero-order chi connectivity index (χ0) is 10.3. The molecule has 0 aromatic rings. The highest BCUT2D eigenvalue weighted by atomic mass is 127. The standard InChI is InChI=1S/C10H16ClIO/c1-8(3-4-13)5-9(2)6-10(12)7-11/h3,6,10,13H,4-5,7H2,1-2H3/b8-3-,9-6-. The Bertz CT molecular complexity index is 199. The summed E-state index contributed by atoms with van der Waals surface area (Å²) in [7, 11) is 0. The second-order valence-corrected chi connectivity index (χ2v) is 5.00. The third-order valence-electron chi connectivity index (χ3n) is 1.61. The number of rotatable bonds is 5. The van der Waals surface area contributed by atoms with E-state index in [2.05, 4.69) is 35.6 Å². The topological polar surface area (TPSA) is 20.2 Å². The molecule has 0 amide bonds. The van der Waals surface area contributed by atoms with Crippen molar-refractivity contribution in [2.24, 2.45) is 0 Å². The summed E-state index contributed by atoms with van der Waals surface area (Å²) in [6.07, 6.45) is 4.93. The fraction of sp³-hybridized carbons (Fsp3) is 0.600. The van der Waals surface area contributed by atoms with Gasteiger partial charge in [0.25, 0.3) is 0 Å². The molecule has 0 bridgehead atoms. The summed E-state index contributed by atoms with van der Waals surface area (Å²) in [6.45, 7) is 4.24. The smallest absolute Gasteiger partial charge is 0.0615 e. The molecule has 0 heterocycles. The van der Waals surface area contributed by atoms with Crippen molar-refractivity contribution >= 4 is 34.2 Å². The minimum Gasteiger partial charge on any atom is -0.392 e. The van der Waals surface area contributed by atoms with Crippen molar-refractivity contribution in [3.63, 3.8) is 0 Å². The van der Waals surface area contributed by atoms with Gasteiger partial charge in [0, 0.05) is 9.80 Å². The van der Waals surface area contributed by atoms with E-state index in [0.29, 0.717) is 9.80 Å². The average Bonchev–Trinajstić information content (AvgIpc) is 2.04. The summed E-state index contributed by atoms with van der Waals surface area (Å²) in [5.41, 5.74) is 2.51. The molecular formula is C10H16ClIO. The predicted octanol–water partition coefficient (Wildman–Crippen LogP) is 3.30. The van der Waals surface area contributed by atoms with Crippen molar-refractivity contribution in [2.45, 2.75) is 24.2 Å². The van der Waals surface area contributed by atoms with E-state index in [1.165, 1.54) is 11.1 Å². The van der Waals surface area contributed by atoms with Gasteiger partial charge in [-0.05, 0) is 20.3 Å². The lowest BCUT2D eigenvalue weighted by Gasteiger charge is -2.04. The molecule has 0 spiro atoms. The van der Waals surface area contributed by atoms with E-state index in [-0.39, 0.29) is 6.61 Å². The summed E-state index contributed by atoms with van der Waals surface area (Å²) in [4.78, 5) is 0. The Balaban J connectivity index is 4.05. The number of hydrogen-bond acceptors (Lipinski definition) is 1. The highest BCUT2D eigenvalue weighted by Crippen LogP contribution is 2.14. The van der Waals surface area contributed by atoms with E-state index >= 15 is 0 Å². The molecule has 0 radical (unpaired) electrons. The van der Waals surface area contributed by atoms with E-state index in [4.69, 9.17) is 16.7 Å². The minimum absolute atomic E-state index is 0.127. The van der Waals surface area contributed by atoms with Crippen molar-refractivity contribution in [2.75, 3.05) is 12.5 Å². The molecule has 76 valence electrons. The number of halogens is 2. The van der Waals surface area contributed by atoms with Crippen molar-refractivity contribution in [1.29, 1.82) is 0 Å². The highest BCUT2D eigenvalue weighted by molar-refractivity contribution is 14.1. The summed E-state index contributed by atoms with van der Waals surface area (Å²) in [6, 6.07) is 0. The van der Waals surface area contributed by atoms with Gasteiger partial charge in [-0.15, -0.1) is 11.6 Å². The van der Waals surface area contributed by atoms with Crippen LogP contribution in [0.25, 0.3) is 0 Å². The van der Waals surface area contributed by atoms with Crippen LogP contribution in [0.5, 0.6) is 0 Å². The Morgan fingerprint density at radius 2 is 2.08 bits per heavy atom. The van der Waals surface area contributed by atoms with Crippen LogP contribution in [0.4, 0.5) is 0 Å². The van der Waals surface area contributed by atoms with Gasteiger partial charge in [0.05, 0.1) is 6.61 Å². The quantitative estimate of drug-likeness (QED) is 0.469. The number of aliphatic hydroxyl groups excluding tert-OH is 1. The molecule has 1 unspecified atom stereocenters. The lowest BCUT2D eigenvalue weighted by atomic mass is 10.1. The molecule has 0 saturated carbocycles. The summed E-state index contributed by atoms with van der Waals surface area (Å²) >= 11 is 8.00. The molecule has 1 nitrogen and oxygen atoms in total. The fourth-order valence-corrected chi connectivity index (χ4v) is 1.78. The van der Waals surface area contributed by atoms with Crippen LogP contribution in [0.2, 0.25) is 0 Å². The minimum atomic E-state index is 0.127. The molecule has 0 aromatic carbocycles. The molecule has 0 aromatic heterocycles. The first-order valence-corrected chi connectivity index (χ1v) is 6.02. The van der Waals surface area contributed by atoms with E-state index in [1.54, 1.807) is 0 Å². The van der Waals surface area contributed by atoms with Gasteiger partial charge in [-0.25, -0.2) is 0 Å². The molecule has 1 N–H and O–H groups in total. The summed E-state index contributed by atoms with van der Waals surface area (Å²) in [5.74, 6) is 0.653. The first-order chi connectivity index (χ1) is 6.10. The second-order valence-electron chi connectivity index (χ2n) is 3.09. The number of hydrogen-bond donors (Lipinski definition) is 1. The zero-order valence-electron chi connectivity index (χ0n) is 8.06. The maximum Gasteiger partial charge on any atom is 0.0615 e. The van der Waals surface area contributed by atoms with Crippen LogP contribution in [-0.2, 0) is 0 Å². The van der Waals surface area contributed by atoms with Gasteiger partial charge in [-0.3, -0.25) is 0 Å². The first-order valence-electron chi connectivity index (χ1n) is 4.24. The van der Waals surface area contributed by atoms with E-state index < -0.39 is 0 Å². The van der Waals surface area contributed by atoms with E-state index in [0.717, 1.165) is 6.42 Å². The number of alkyl halides is 2. The van der Waals surface area contributed by atoms with Crippen LogP contribution < -0.4 is 0 Å². The van der Waals surface area contributed by atoms with Crippen molar-refractivity contribution < 1.29 is 5.11 Å². The predicted molar refractivity (Wildman–Crippen MR) is 67.7 cm³/mol.